The Labute approximate surface area is 121 Å². The lowest BCUT2D eigenvalue weighted by molar-refractivity contribution is 0.0697. The number of pyridine rings is 1. The molecule has 5 heteroatoms. The molecule has 5 nitrogen and oxygen atoms in total. The fourth-order valence-electron chi connectivity index (χ4n) is 2.06. The van der Waals surface area contributed by atoms with Crippen molar-refractivity contribution in [3.63, 3.8) is 0 Å². The molecule has 0 aliphatic rings. The zero-order valence-corrected chi connectivity index (χ0v) is 11.4. The summed E-state index contributed by atoms with van der Waals surface area (Å²) in [5.41, 5.74) is 2.48. The topological polar surface area (TPSA) is 68.0 Å². The molecule has 104 valence electrons. The first-order valence-electron chi connectivity index (χ1n) is 6.46. The van der Waals surface area contributed by atoms with Gasteiger partial charge in [-0.1, -0.05) is 35.9 Å². The van der Waals surface area contributed by atoms with E-state index in [4.69, 9.17) is 0 Å². The molecule has 0 saturated carbocycles. The summed E-state index contributed by atoms with van der Waals surface area (Å²) in [5, 5.41) is 13.7. The van der Waals surface area contributed by atoms with E-state index >= 15 is 0 Å². The van der Waals surface area contributed by atoms with E-state index in [9.17, 15) is 9.90 Å². The predicted octanol–water partition coefficient (Wildman–Crippen LogP) is 2.94. The molecular weight excluding hydrogens is 266 g/mol. The summed E-state index contributed by atoms with van der Waals surface area (Å²) in [7, 11) is 0. The Bertz CT molecular complexity index is 777. The third-order valence-electron chi connectivity index (χ3n) is 3.15. The van der Waals surface area contributed by atoms with Crippen molar-refractivity contribution in [1.82, 2.24) is 14.8 Å². The molecule has 0 fully saturated rings. The van der Waals surface area contributed by atoms with Crippen LogP contribution in [0.15, 0.2) is 54.9 Å². The second-order valence-electron chi connectivity index (χ2n) is 4.70. The Morgan fingerprint density at radius 2 is 1.90 bits per heavy atom. The van der Waals surface area contributed by atoms with Crippen LogP contribution in [-0.2, 0) is 0 Å². The van der Waals surface area contributed by atoms with E-state index in [0.717, 1.165) is 11.1 Å². The van der Waals surface area contributed by atoms with Crippen LogP contribution in [0.25, 0.3) is 17.1 Å². The van der Waals surface area contributed by atoms with E-state index in [0.29, 0.717) is 11.5 Å². The summed E-state index contributed by atoms with van der Waals surface area (Å²) in [6, 6.07) is 13.0. The minimum Gasteiger partial charge on any atom is -0.478 e. The smallest absolute Gasteiger partial charge is 0.339 e. The molecule has 2 aromatic heterocycles. The molecule has 0 spiro atoms. The van der Waals surface area contributed by atoms with Gasteiger partial charge in [-0.25, -0.2) is 14.5 Å². The zero-order chi connectivity index (χ0) is 14.8. The van der Waals surface area contributed by atoms with Gasteiger partial charge in [-0.3, -0.25) is 0 Å². The van der Waals surface area contributed by atoms with Crippen LogP contribution < -0.4 is 0 Å². The first-order chi connectivity index (χ1) is 10.1. The molecule has 0 unspecified atom stereocenters. The summed E-state index contributed by atoms with van der Waals surface area (Å²) in [6.07, 6.45) is 3.13. The van der Waals surface area contributed by atoms with Gasteiger partial charge in [0.25, 0.3) is 0 Å². The molecular formula is C16H13N3O2. The van der Waals surface area contributed by atoms with E-state index in [1.165, 1.54) is 10.9 Å². The maximum Gasteiger partial charge on any atom is 0.339 e. The van der Waals surface area contributed by atoms with Crippen molar-refractivity contribution in [2.45, 2.75) is 6.92 Å². The van der Waals surface area contributed by atoms with Crippen molar-refractivity contribution in [2.75, 3.05) is 0 Å². The van der Waals surface area contributed by atoms with Crippen molar-refractivity contribution in [3.8, 4) is 17.1 Å². The Balaban J connectivity index is 2.14. The first kappa shape index (κ1) is 13.1. The Hall–Kier alpha value is -2.95. The summed E-state index contributed by atoms with van der Waals surface area (Å²) in [5.74, 6) is -0.425. The van der Waals surface area contributed by atoms with E-state index in [2.05, 4.69) is 10.1 Å². The quantitative estimate of drug-likeness (QED) is 0.800. The highest BCUT2D eigenvalue weighted by atomic mass is 16.4. The molecule has 3 rings (SSSR count). The number of benzene rings is 1. The SMILES string of the molecule is Cc1ccc(-c2nn(-c3ccccn3)cc2C(=O)O)cc1. The van der Waals surface area contributed by atoms with Crippen LogP contribution in [0.4, 0.5) is 0 Å². The third kappa shape index (κ3) is 2.53. The molecule has 0 radical (unpaired) electrons. The lowest BCUT2D eigenvalue weighted by Gasteiger charge is -2.00. The van der Waals surface area contributed by atoms with Crippen molar-refractivity contribution in [2.24, 2.45) is 0 Å². The van der Waals surface area contributed by atoms with Gasteiger partial charge in [-0.2, -0.15) is 5.10 Å². The van der Waals surface area contributed by atoms with Gasteiger partial charge >= 0.3 is 5.97 Å². The second kappa shape index (κ2) is 5.20. The van der Waals surface area contributed by atoms with Crippen molar-refractivity contribution in [3.05, 3.63) is 66.0 Å². The maximum atomic E-state index is 11.4. The zero-order valence-electron chi connectivity index (χ0n) is 11.4. The normalized spacial score (nSPS) is 10.5. The highest BCUT2D eigenvalue weighted by Crippen LogP contribution is 2.23. The van der Waals surface area contributed by atoms with Crippen LogP contribution in [0.5, 0.6) is 0 Å². The number of aromatic nitrogens is 3. The lowest BCUT2D eigenvalue weighted by Crippen LogP contribution is -1.97. The molecule has 0 saturated heterocycles. The van der Waals surface area contributed by atoms with Crippen LogP contribution >= 0.6 is 0 Å². The maximum absolute atomic E-state index is 11.4. The van der Waals surface area contributed by atoms with Crippen LogP contribution in [0.1, 0.15) is 15.9 Å². The summed E-state index contributed by atoms with van der Waals surface area (Å²) < 4.78 is 1.48. The molecule has 21 heavy (non-hydrogen) atoms. The highest BCUT2D eigenvalue weighted by molar-refractivity contribution is 5.94. The number of carboxylic acid groups (broad SMARTS) is 1. The van der Waals surface area contributed by atoms with E-state index in [1.54, 1.807) is 18.3 Å². The molecule has 0 aliphatic heterocycles. The lowest BCUT2D eigenvalue weighted by atomic mass is 10.1. The molecule has 3 aromatic rings. The first-order valence-corrected chi connectivity index (χ1v) is 6.46. The van der Waals surface area contributed by atoms with Crippen molar-refractivity contribution in [1.29, 1.82) is 0 Å². The number of hydrogen-bond donors (Lipinski definition) is 1. The number of nitrogens with zero attached hydrogens (tertiary/aromatic N) is 3. The van der Waals surface area contributed by atoms with Gasteiger partial charge in [0.05, 0.1) is 0 Å². The number of aromatic carboxylic acids is 1. The average Bonchev–Trinajstić information content (AvgIpc) is 2.94. The molecule has 0 bridgehead atoms. The van der Waals surface area contributed by atoms with Crippen molar-refractivity contribution < 1.29 is 9.90 Å². The third-order valence-corrected chi connectivity index (χ3v) is 3.15. The summed E-state index contributed by atoms with van der Waals surface area (Å²) in [6.45, 7) is 1.98. The van der Waals surface area contributed by atoms with E-state index in [1.807, 2.05) is 37.3 Å². The van der Waals surface area contributed by atoms with Gasteiger partial charge in [0, 0.05) is 18.0 Å². The predicted molar refractivity (Wildman–Crippen MR) is 78.5 cm³/mol. The molecule has 0 amide bonds. The van der Waals surface area contributed by atoms with Crippen LogP contribution in [0.3, 0.4) is 0 Å². The minimum atomic E-state index is -1.01. The van der Waals surface area contributed by atoms with E-state index in [-0.39, 0.29) is 5.56 Å². The highest BCUT2D eigenvalue weighted by Gasteiger charge is 2.17. The Kier molecular flexibility index (Phi) is 3.23. The molecule has 1 aromatic carbocycles. The second-order valence-corrected chi connectivity index (χ2v) is 4.70. The van der Waals surface area contributed by atoms with Crippen LogP contribution in [0.2, 0.25) is 0 Å². The van der Waals surface area contributed by atoms with Gasteiger partial charge in [0.15, 0.2) is 5.82 Å². The molecule has 0 atom stereocenters. The fourth-order valence-corrected chi connectivity index (χ4v) is 2.06. The van der Waals surface area contributed by atoms with Crippen LogP contribution in [0, 0.1) is 6.92 Å². The van der Waals surface area contributed by atoms with Crippen LogP contribution in [-0.4, -0.2) is 25.8 Å². The van der Waals surface area contributed by atoms with Gasteiger partial charge in [0.2, 0.25) is 0 Å². The minimum absolute atomic E-state index is 0.157. The van der Waals surface area contributed by atoms with Gasteiger partial charge in [-0.05, 0) is 19.1 Å². The van der Waals surface area contributed by atoms with E-state index < -0.39 is 5.97 Å². The Morgan fingerprint density at radius 3 is 2.52 bits per heavy atom. The Morgan fingerprint density at radius 1 is 1.14 bits per heavy atom. The number of carbonyl (C=O) groups is 1. The molecule has 2 heterocycles. The number of rotatable bonds is 3. The number of aryl methyl sites for hydroxylation is 1. The monoisotopic (exact) mass is 279 g/mol. The van der Waals surface area contributed by atoms with Gasteiger partial charge < -0.3 is 5.11 Å². The number of carboxylic acids is 1. The largest absolute Gasteiger partial charge is 0.478 e. The molecule has 1 N–H and O–H groups in total. The summed E-state index contributed by atoms with van der Waals surface area (Å²) in [4.78, 5) is 15.6. The average molecular weight is 279 g/mol. The van der Waals surface area contributed by atoms with Gasteiger partial charge in [0.1, 0.15) is 11.3 Å². The van der Waals surface area contributed by atoms with Crippen molar-refractivity contribution >= 4 is 5.97 Å². The van der Waals surface area contributed by atoms with Gasteiger partial charge in [-0.15, -0.1) is 0 Å². The number of hydrogen-bond acceptors (Lipinski definition) is 3. The molecule has 0 aliphatic carbocycles. The summed E-state index contributed by atoms with van der Waals surface area (Å²) >= 11 is 0. The fraction of sp³-hybridized carbons (Fsp3) is 0.0625. The standard InChI is InChI=1S/C16H13N3O2/c1-11-5-7-12(8-6-11)15-13(16(20)21)10-19(18-15)14-4-2-3-9-17-14/h2-10H,1H3,(H,20,21).